The molecule has 5 heteroatoms. The average molecular weight is 312 g/mol. The molecule has 1 amide bonds. The Hall–Kier alpha value is -2.82. The van der Waals surface area contributed by atoms with Crippen molar-refractivity contribution in [1.82, 2.24) is 0 Å². The number of rotatable bonds is 5. The molecule has 1 N–H and O–H groups in total. The fraction of sp³-hybridized carbons (Fsp3) is 0.222. The third kappa shape index (κ3) is 4.85. The van der Waals surface area contributed by atoms with E-state index in [1.54, 1.807) is 6.07 Å². The number of carbonyl (C=O) groups is 1. The first-order valence-corrected chi connectivity index (χ1v) is 7.26. The largest absolute Gasteiger partial charge is 0.453 e. The van der Waals surface area contributed by atoms with Crippen LogP contribution in [0.5, 0.6) is 0 Å². The second-order valence-corrected chi connectivity index (χ2v) is 5.09. The Morgan fingerprint density at radius 2 is 1.96 bits per heavy atom. The molecule has 0 aliphatic rings. The lowest BCUT2D eigenvalue weighted by molar-refractivity contribution is 0.131. The van der Waals surface area contributed by atoms with E-state index < -0.39 is 6.09 Å². The van der Waals surface area contributed by atoms with Crippen molar-refractivity contribution < 1.29 is 14.4 Å². The summed E-state index contributed by atoms with van der Waals surface area (Å²) in [6.45, 7) is 4.18. The zero-order chi connectivity index (χ0) is 16.7. The zero-order valence-electron chi connectivity index (χ0n) is 13.5. The summed E-state index contributed by atoms with van der Waals surface area (Å²) in [6.07, 6.45) is -0.517. The first kappa shape index (κ1) is 16.5. The molecule has 23 heavy (non-hydrogen) atoms. The summed E-state index contributed by atoms with van der Waals surface area (Å²) in [5.41, 5.74) is 4.45. The van der Waals surface area contributed by atoms with Crippen LogP contribution in [0.25, 0.3) is 0 Å². The van der Waals surface area contributed by atoms with Crippen LogP contribution in [0.1, 0.15) is 23.6 Å². The molecule has 2 aromatic carbocycles. The number of aryl methyl sites for hydroxylation is 1. The molecule has 0 heterocycles. The van der Waals surface area contributed by atoms with Gasteiger partial charge in [-0.05, 0) is 25.5 Å². The number of hydrogen-bond acceptors (Lipinski definition) is 4. The van der Waals surface area contributed by atoms with Gasteiger partial charge >= 0.3 is 6.09 Å². The highest BCUT2D eigenvalue weighted by atomic mass is 16.6. The maximum atomic E-state index is 11.3. The fourth-order valence-corrected chi connectivity index (χ4v) is 2.05. The summed E-state index contributed by atoms with van der Waals surface area (Å²) >= 11 is 0. The van der Waals surface area contributed by atoms with Crippen LogP contribution in [0.2, 0.25) is 0 Å². The quantitative estimate of drug-likeness (QED) is 0.667. The number of carbonyl (C=O) groups excluding carboxylic acids is 1. The summed E-state index contributed by atoms with van der Waals surface area (Å²) < 4.78 is 4.60. The molecule has 0 saturated carbocycles. The Kier molecular flexibility index (Phi) is 5.74. The number of nitrogens with one attached hydrogen (secondary N) is 1. The average Bonchev–Trinajstić information content (AvgIpc) is 2.56. The smallest absolute Gasteiger partial charge is 0.411 e. The molecular formula is C18H20N2O3. The molecule has 2 rings (SSSR count). The second-order valence-electron chi connectivity index (χ2n) is 5.09. The summed E-state index contributed by atoms with van der Waals surface area (Å²) in [5, 5.41) is 6.79. The van der Waals surface area contributed by atoms with E-state index in [1.165, 1.54) is 12.7 Å². The number of anilines is 1. The molecule has 2 aromatic rings. The summed E-state index contributed by atoms with van der Waals surface area (Å²) in [4.78, 5) is 16.8. The molecule has 0 saturated heterocycles. The van der Waals surface area contributed by atoms with Gasteiger partial charge in [0, 0.05) is 5.56 Å². The van der Waals surface area contributed by atoms with Crippen molar-refractivity contribution in [3.8, 4) is 0 Å². The zero-order valence-corrected chi connectivity index (χ0v) is 13.5. The van der Waals surface area contributed by atoms with Crippen LogP contribution in [0, 0.1) is 6.92 Å². The third-order valence-electron chi connectivity index (χ3n) is 3.30. The number of hydrogen-bond donors (Lipinski definition) is 1. The van der Waals surface area contributed by atoms with Crippen LogP contribution < -0.4 is 5.32 Å². The van der Waals surface area contributed by atoms with Crippen molar-refractivity contribution in [2.45, 2.75) is 20.5 Å². The molecule has 0 aliphatic carbocycles. The molecule has 0 aliphatic heterocycles. The normalized spacial score (nSPS) is 11.0. The lowest BCUT2D eigenvalue weighted by Crippen LogP contribution is -2.12. The summed E-state index contributed by atoms with van der Waals surface area (Å²) in [5.74, 6) is 0. The van der Waals surface area contributed by atoms with Crippen molar-refractivity contribution >= 4 is 17.5 Å². The maximum Gasteiger partial charge on any atom is 0.411 e. The van der Waals surface area contributed by atoms with Crippen LogP contribution in [0.15, 0.2) is 53.7 Å². The minimum Gasteiger partial charge on any atom is -0.453 e. The van der Waals surface area contributed by atoms with Crippen molar-refractivity contribution in [2.24, 2.45) is 5.16 Å². The molecule has 0 unspecified atom stereocenters. The minimum atomic E-state index is -0.517. The van der Waals surface area contributed by atoms with E-state index in [9.17, 15) is 4.79 Å². The Morgan fingerprint density at radius 1 is 1.17 bits per heavy atom. The highest BCUT2D eigenvalue weighted by Gasteiger charge is 2.06. The van der Waals surface area contributed by atoms with Crippen LogP contribution in [-0.4, -0.2) is 18.9 Å². The Balaban J connectivity index is 2.03. The van der Waals surface area contributed by atoms with Gasteiger partial charge in [0.15, 0.2) is 0 Å². The van der Waals surface area contributed by atoms with Gasteiger partial charge in [-0.15, -0.1) is 0 Å². The van der Waals surface area contributed by atoms with Crippen molar-refractivity contribution in [3.63, 3.8) is 0 Å². The van der Waals surface area contributed by atoms with Gasteiger partial charge in [-0.1, -0.05) is 53.2 Å². The number of oxime groups is 1. The Labute approximate surface area is 135 Å². The number of methoxy groups -OCH3 is 1. The van der Waals surface area contributed by atoms with E-state index in [1.807, 2.05) is 50.2 Å². The highest BCUT2D eigenvalue weighted by Crippen LogP contribution is 2.16. The van der Waals surface area contributed by atoms with Gasteiger partial charge in [-0.3, -0.25) is 5.32 Å². The molecule has 0 spiro atoms. The first-order valence-electron chi connectivity index (χ1n) is 7.26. The monoisotopic (exact) mass is 312 g/mol. The van der Waals surface area contributed by atoms with Crippen molar-refractivity contribution in [2.75, 3.05) is 12.4 Å². The topological polar surface area (TPSA) is 59.9 Å². The molecule has 0 atom stereocenters. The first-order chi connectivity index (χ1) is 11.1. The minimum absolute atomic E-state index is 0.253. The van der Waals surface area contributed by atoms with Gasteiger partial charge in [0.1, 0.15) is 6.61 Å². The molecule has 0 radical (unpaired) electrons. The molecular weight excluding hydrogens is 292 g/mol. The van der Waals surface area contributed by atoms with E-state index in [-0.39, 0.29) is 6.61 Å². The van der Waals surface area contributed by atoms with Crippen LogP contribution in [-0.2, 0) is 16.2 Å². The maximum absolute atomic E-state index is 11.3. The highest BCUT2D eigenvalue weighted by molar-refractivity contribution is 5.98. The standard InChI is InChI=1S/C18H20N2O3/c1-13-7-6-9-15(11-13)14(2)20-23-12-16-8-4-5-10-17(16)19-18(21)22-3/h4-11H,12H2,1-3H3,(H,19,21)/b20-14+. The number of amides is 1. The number of nitrogens with zero attached hydrogens (tertiary/aromatic N) is 1. The number of para-hydroxylation sites is 1. The van der Waals surface area contributed by atoms with E-state index in [4.69, 9.17) is 4.84 Å². The van der Waals surface area contributed by atoms with E-state index in [0.29, 0.717) is 5.69 Å². The number of benzene rings is 2. The summed E-state index contributed by atoms with van der Waals surface area (Å²) in [6, 6.07) is 15.4. The van der Waals surface area contributed by atoms with Crippen LogP contribution in [0.3, 0.4) is 0 Å². The molecule has 120 valence electrons. The lowest BCUT2D eigenvalue weighted by Gasteiger charge is -2.09. The summed E-state index contributed by atoms with van der Waals surface area (Å²) in [7, 11) is 1.32. The fourth-order valence-electron chi connectivity index (χ4n) is 2.05. The molecule has 0 fully saturated rings. The van der Waals surface area contributed by atoms with E-state index in [0.717, 1.165) is 16.8 Å². The predicted molar refractivity (Wildman–Crippen MR) is 90.6 cm³/mol. The van der Waals surface area contributed by atoms with Gasteiger partial charge in [0.05, 0.1) is 18.5 Å². The van der Waals surface area contributed by atoms with Crippen molar-refractivity contribution in [1.29, 1.82) is 0 Å². The SMILES string of the molecule is COC(=O)Nc1ccccc1CO/N=C(\C)c1cccc(C)c1. The van der Waals surface area contributed by atoms with E-state index >= 15 is 0 Å². The second kappa shape index (κ2) is 7.98. The van der Waals surface area contributed by atoms with Crippen molar-refractivity contribution in [3.05, 3.63) is 65.2 Å². The molecule has 0 aromatic heterocycles. The molecule has 5 nitrogen and oxygen atoms in total. The lowest BCUT2D eigenvalue weighted by atomic mass is 10.1. The Bertz CT molecular complexity index is 711. The number of ether oxygens (including phenoxy) is 1. The van der Waals surface area contributed by atoms with Gasteiger partial charge in [-0.25, -0.2) is 4.79 Å². The van der Waals surface area contributed by atoms with E-state index in [2.05, 4.69) is 21.3 Å². The van der Waals surface area contributed by atoms with Crippen LogP contribution in [0.4, 0.5) is 10.5 Å². The van der Waals surface area contributed by atoms with Gasteiger partial charge < -0.3 is 9.57 Å². The Morgan fingerprint density at radius 3 is 2.70 bits per heavy atom. The van der Waals surface area contributed by atoms with Gasteiger partial charge in [0.2, 0.25) is 0 Å². The molecule has 0 bridgehead atoms. The van der Waals surface area contributed by atoms with Gasteiger partial charge in [-0.2, -0.15) is 0 Å². The third-order valence-corrected chi connectivity index (χ3v) is 3.30. The van der Waals surface area contributed by atoms with Gasteiger partial charge in [0.25, 0.3) is 0 Å². The predicted octanol–water partition coefficient (Wildman–Crippen LogP) is 4.11. The van der Waals surface area contributed by atoms with Crippen LogP contribution >= 0.6 is 0 Å².